The van der Waals surface area contributed by atoms with Gasteiger partial charge in [-0.15, -0.1) is 0 Å². The molecule has 0 amide bonds. The molecular weight excluding hydrogens is 192 g/mol. The van der Waals surface area contributed by atoms with Crippen molar-refractivity contribution in [2.24, 2.45) is 5.92 Å². The average molecular weight is 218 g/mol. The van der Waals surface area contributed by atoms with Crippen LogP contribution >= 0.6 is 0 Å². The summed E-state index contributed by atoms with van der Waals surface area (Å²) < 4.78 is 5.40. The molecule has 0 aliphatic heterocycles. The lowest BCUT2D eigenvalue weighted by Gasteiger charge is -2.18. The first-order valence-electron chi connectivity index (χ1n) is 6.12. The van der Waals surface area contributed by atoms with E-state index in [4.69, 9.17) is 9.84 Å². The van der Waals surface area contributed by atoms with Crippen molar-refractivity contribution in [1.82, 2.24) is 0 Å². The van der Waals surface area contributed by atoms with Crippen LogP contribution in [0, 0.1) is 5.92 Å². The second-order valence-corrected chi connectivity index (χ2v) is 4.03. The molecular formula is C12H26O3. The summed E-state index contributed by atoms with van der Waals surface area (Å²) in [6.45, 7) is 5.75. The second kappa shape index (κ2) is 10.4. The quantitative estimate of drug-likeness (QED) is 0.551. The molecule has 0 spiro atoms. The van der Waals surface area contributed by atoms with Gasteiger partial charge < -0.3 is 14.9 Å². The number of unbranched alkanes of at least 4 members (excludes halogenated alkanes) is 1. The Morgan fingerprint density at radius 1 is 1.13 bits per heavy atom. The lowest BCUT2D eigenvalue weighted by molar-refractivity contribution is 0.0465. The Kier molecular flexibility index (Phi) is 10.3. The summed E-state index contributed by atoms with van der Waals surface area (Å²) in [7, 11) is 0. The Morgan fingerprint density at radius 3 is 2.33 bits per heavy atom. The van der Waals surface area contributed by atoms with Crippen LogP contribution in [-0.2, 0) is 4.74 Å². The van der Waals surface area contributed by atoms with Gasteiger partial charge >= 0.3 is 0 Å². The van der Waals surface area contributed by atoms with E-state index < -0.39 is 0 Å². The molecule has 0 aliphatic carbocycles. The van der Waals surface area contributed by atoms with E-state index in [1.54, 1.807) is 0 Å². The molecule has 0 rings (SSSR count). The molecule has 92 valence electrons. The van der Waals surface area contributed by atoms with E-state index in [9.17, 15) is 5.11 Å². The van der Waals surface area contributed by atoms with Gasteiger partial charge in [0.2, 0.25) is 0 Å². The SMILES string of the molecule is CCCCOCCCC(O)C(CC)CO. The van der Waals surface area contributed by atoms with Crippen LogP contribution in [0.25, 0.3) is 0 Å². The topological polar surface area (TPSA) is 49.7 Å². The van der Waals surface area contributed by atoms with E-state index in [0.29, 0.717) is 0 Å². The fourth-order valence-electron chi connectivity index (χ4n) is 1.50. The molecule has 0 saturated carbocycles. The highest BCUT2D eigenvalue weighted by Crippen LogP contribution is 2.12. The minimum Gasteiger partial charge on any atom is -0.396 e. The highest BCUT2D eigenvalue weighted by atomic mass is 16.5. The van der Waals surface area contributed by atoms with Crippen LogP contribution in [0.3, 0.4) is 0 Å². The molecule has 3 heteroatoms. The molecule has 15 heavy (non-hydrogen) atoms. The zero-order valence-electron chi connectivity index (χ0n) is 10.1. The van der Waals surface area contributed by atoms with Crippen LogP contribution < -0.4 is 0 Å². The first kappa shape index (κ1) is 14.9. The zero-order valence-corrected chi connectivity index (χ0v) is 10.1. The van der Waals surface area contributed by atoms with Crippen LogP contribution in [-0.4, -0.2) is 36.1 Å². The molecule has 0 fully saturated rings. The molecule has 0 heterocycles. The number of hydrogen-bond acceptors (Lipinski definition) is 3. The smallest absolute Gasteiger partial charge is 0.0591 e. The summed E-state index contributed by atoms with van der Waals surface area (Å²) in [5.41, 5.74) is 0. The van der Waals surface area contributed by atoms with Gasteiger partial charge in [-0.05, 0) is 25.7 Å². The lowest BCUT2D eigenvalue weighted by Crippen LogP contribution is -2.23. The monoisotopic (exact) mass is 218 g/mol. The van der Waals surface area contributed by atoms with Gasteiger partial charge in [-0.3, -0.25) is 0 Å². The Bertz CT molecular complexity index is 124. The highest BCUT2D eigenvalue weighted by Gasteiger charge is 2.15. The van der Waals surface area contributed by atoms with Crippen molar-refractivity contribution >= 4 is 0 Å². The Labute approximate surface area is 93.5 Å². The molecule has 0 aromatic rings. The molecule has 0 saturated heterocycles. The van der Waals surface area contributed by atoms with Crippen molar-refractivity contribution in [2.75, 3.05) is 19.8 Å². The van der Waals surface area contributed by atoms with E-state index in [-0.39, 0.29) is 18.6 Å². The summed E-state index contributed by atoms with van der Waals surface area (Å²) in [6, 6.07) is 0. The number of aliphatic hydroxyl groups is 2. The van der Waals surface area contributed by atoms with Crippen molar-refractivity contribution < 1.29 is 14.9 Å². The third-order valence-electron chi connectivity index (χ3n) is 2.73. The van der Waals surface area contributed by atoms with Gasteiger partial charge in [0.15, 0.2) is 0 Å². The normalized spacial score (nSPS) is 15.2. The molecule has 3 nitrogen and oxygen atoms in total. The van der Waals surface area contributed by atoms with Gasteiger partial charge in [-0.25, -0.2) is 0 Å². The van der Waals surface area contributed by atoms with E-state index >= 15 is 0 Å². The summed E-state index contributed by atoms with van der Waals surface area (Å²) >= 11 is 0. The van der Waals surface area contributed by atoms with Crippen molar-refractivity contribution in [3.63, 3.8) is 0 Å². The molecule has 0 aromatic heterocycles. The average Bonchev–Trinajstić information content (AvgIpc) is 2.25. The lowest BCUT2D eigenvalue weighted by atomic mass is 9.97. The van der Waals surface area contributed by atoms with E-state index in [0.717, 1.165) is 45.3 Å². The maximum atomic E-state index is 9.70. The van der Waals surface area contributed by atoms with E-state index in [2.05, 4.69) is 6.92 Å². The van der Waals surface area contributed by atoms with E-state index in [1.165, 1.54) is 0 Å². The molecule has 0 aromatic carbocycles. The third-order valence-corrected chi connectivity index (χ3v) is 2.73. The largest absolute Gasteiger partial charge is 0.396 e. The fourth-order valence-corrected chi connectivity index (χ4v) is 1.50. The predicted molar refractivity (Wildman–Crippen MR) is 61.8 cm³/mol. The van der Waals surface area contributed by atoms with Crippen LogP contribution in [0.5, 0.6) is 0 Å². The summed E-state index contributed by atoms with van der Waals surface area (Å²) in [4.78, 5) is 0. The van der Waals surface area contributed by atoms with Crippen molar-refractivity contribution in [2.45, 2.75) is 52.1 Å². The highest BCUT2D eigenvalue weighted by molar-refractivity contribution is 4.66. The molecule has 0 radical (unpaired) electrons. The van der Waals surface area contributed by atoms with Crippen molar-refractivity contribution in [3.05, 3.63) is 0 Å². The number of hydrogen-bond donors (Lipinski definition) is 2. The van der Waals surface area contributed by atoms with Gasteiger partial charge in [-0.1, -0.05) is 20.3 Å². The molecule has 2 unspecified atom stereocenters. The number of ether oxygens (including phenoxy) is 1. The van der Waals surface area contributed by atoms with Crippen LogP contribution in [0.2, 0.25) is 0 Å². The van der Waals surface area contributed by atoms with Gasteiger partial charge in [0.05, 0.1) is 6.10 Å². The summed E-state index contributed by atoms with van der Waals surface area (Å²) in [5, 5.41) is 18.7. The van der Waals surface area contributed by atoms with Crippen molar-refractivity contribution in [1.29, 1.82) is 0 Å². The zero-order chi connectivity index (χ0) is 11.5. The van der Waals surface area contributed by atoms with Gasteiger partial charge in [0, 0.05) is 25.7 Å². The van der Waals surface area contributed by atoms with E-state index in [1.807, 2.05) is 6.92 Å². The Morgan fingerprint density at radius 2 is 1.80 bits per heavy atom. The van der Waals surface area contributed by atoms with Crippen LogP contribution in [0.1, 0.15) is 46.0 Å². The van der Waals surface area contributed by atoms with Crippen LogP contribution in [0.15, 0.2) is 0 Å². The summed E-state index contributed by atoms with van der Waals surface area (Å²) in [5.74, 6) is 0.0284. The molecule has 2 atom stereocenters. The van der Waals surface area contributed by atoms with Crippen LogP contribution in [0.4, 0.5) is 0 Å². The Balaban J connectivity index is 3.33. The van der Waals surface area contributed by atoms with Gasteiger partial charge in [0.1, 0.15) is 0 Å². The molecule has 0 bridgehead atoms. The molecule has 2 N–H and O–H groups in total. The minimum atomic E-state index is -0.380. The predicted octanol–water partition coefficient (Wildman–Crippen LogP) is 1.96. The fraction of sp³-hybridized carbons (Fsp3) is 1.00. The third kappa shape index (κ3) is 7.77. The van der Waals surface area contributed by atoms with Crippen molar-refractivity contribution in [3.8, 4) is 0 Å². The van der Waals surface area contributed by atoms with Gasteiger partial charge in [0.25, 0.3) is 0 Å². The summed E-state index contributed by atoms with van der Waals surface area (Å²) in [6.07, 6.45) is 4.32. The Hall–Kier alpha value is -0.120. The minimum absolute atomic E-state index is 0.0284. The molecule has 0 aliphatic rings. The maximum Gasteiger partial charge on any atom is 0.0591 e. The number of aliphatic hydroxyl groups excluding tert-OH is 2. The first-order valence-corrected chi connectivity index (χ1v) is 6.12. The van der Waals surface area contributed by atoms with Gasteiger partial charge in [-0.2, -0.15) is 0 Å². The second-order valence-electron chi connectivity index (χ2n) is 4.03. The first-order chi connectivity index (χ1) is 7.26. The maximum absolute atomic E-state index is 9.70. The number of rotatable bonds is 10. The standard InChI is InChI=1S/C12H26O3/c1-3-5-8-15-9-6-7-12(14)11(4-2)10-13/h11-14H,3-10H2,1-2H3.